The molecule has 2 aliphatic rings. The molecular formula is C15H16ClFO2. The fourth-order valence-corrected chi connectivity index (χ4v) is 4.29. The Morgan fingerprint density at radius 3 is 2.68 bits per heavy atom. The molecule has 102 valence electrons. The highest BCUT2D eigenvalue weighted by Gasteiger charge is 2.46. The maximum atomic E-state index is 13.1. The van der Waals surface area contributed by atoms with Crippen LogP contribution in [0.1, 0.15) is 37.2 Å². The fraction of sp³-hybridized carbons (Fsp3) is 0.533. The quantitative estimate of drug-likeness (QED) is 0.907. The van der Waals surface area contributed by atoms with Crippen LogP contribution in [0.15, 0.2) is 18.2 Å². The molecule has 2 bridgehead atoms. The maximum absolute atomic E-state index is 13.1. The van der Waals surface area contributed by atoms with E-state index in [4.69, 9.17) is 11.6 Å². The minimum atomic E-state index is -0.842. The third kappa shape index (κ3) is 2.25. The highest BCUT2D eigenvalue weighted by molar-refractivity contribution is 6.31. The Hall–Kier alpha value is -1.09. The summed E-state index contributed by atoms with van der Waals surface area (Å²) in [7, 11) is 0. The van der Waals surface area contributed by atoms with Gasteiger partial charge in [0.15, 0.2) is 0 Å². The summed E-state index contributed by atoms with van der Waals surface area (Å²) >= 11 is 6.05. The zero-order valence-electron chi connectivity index (χ0n) is 10.5. The fourth-order valence-electron chi connectivity index (χ4n) is 4.00. The van der Waals surface area contributed by atoms with Crippen LogP contribution in [0.2, 0.25) is 5.02 Å². The third-order valence-electron chi connectivity index (χ3n) is 4.78. The number of fused-ring (bicyclic) bond motifs is 2. The molecule has 2 nitrogen and oxygen atoms in total. The van der Waals surface area contributed by atoms with Crippen LogP contribution in [0.4, 0.5) is 4.39 Å². The van der Waals surface area contributed by atoms with E-state index in [9.17, 15) is 14.3 Å². The second-order valence-electron chi connectivity index (χ2n) is 5.82. The Balaban J connectivity index is 1.95. The Morgan fingerprint density at radius 2 is 2.16 bits per heavy atom. The van der Waals surface area contributed by atoms with Gasteiger partial charge < -0.3 is 5.11 Å². The Kier molecular flexibility index (Phi) is 3.25. The number of halogens is 2. The number of carbonyl (C=O) groups is 1. The van der Waals surface area contributed by atoms with Crippen molar-refractivity contribution in [2.75, 3.05) is 0 Å². The first kappa shape index (κ1) is 12.9. The van der Waals surface area contributed by atoms with Gasteiger partial charge in [0.1, 0.15) is 5.82 Å². The zero-order valence-corrected chi connectivity index (χ0v) is 11.2. The smallest absolute Gasteiger partial charge is 0.311 e. The SMILES string of the molecule is O=C(O)C(c1ccc(F)cc1Cl)C1CC2CCC1C2. The molecule has 1 aromatic rings. The van der Waals surface area contributed by atoms with Crippen LogP contribution in [-0.2, 0) is 4.79 Å². The van der Waals surface area contributed by atoms with Gasteiger partial charge in [-0.2, -0.15) is 0 Å². The second kappa shape index (κ2) is 4.78. The molecule has 4 heteroatoms. The van der Waals surface area contributed by atoms with Gasteiger partial charge in [-0.05, 0) is 54.7 Å². The first-order valence-corrected chi connectivity index (χ1v) is 7.12. The lowest BCUT2D eigenvalue weighted by molar-refractivity contribution is -0.140. The van der Waals surface area contributed by atoms with Crippen molar-refractivity contribution in [1.82, 2.24) is 0 Å². The van der Waals surface area contributed by atoms with Gasteiger partial charge >= 0.3 is 5.97 Å². The van der Waals surface area contributed by atoms with Gasteiger partial charge in [0.05, 0.1) is 5.92 Å². The van der Waals surface area contributed by atoms with Crippen LogP contribution < -0.4 is 0 Å². The Labute approximate surface area is 116 Å². The van der Waals surface area contributed by atoms with Crippen molar-refractivity contribution in [3.63, 3.8) is 0 Å². The lowest BCUT2D eigenvalue weighted by atomic mass is 9.76. The monoisotopic (exact) mass is 282 g/mol. The van der Waals surface area contributed by atoms with E-state index in [1.807, 2.05) is 0 Å². The number of carboxylic acid groups (broad SMARTS) is 1. The van der Waals surface area contributed by atoms with Crippen molar-refractivity contribution in [3.05, 3.63) is 34.6 Å². The summed E-state index contributed by atoms with van der Waals surface area (Å²) in [5.74, 6) is -0.539. The normalized spacial score (nSPS) is 30.5. The van der Waals surface area contributed by atoms with Gasteiger partial charge in [-0.15, -0.1) is 0 Å². The van der Waals surface area contributed by atoms with E-state index in [0.717, 1.165) is 19.3 Å². The summed E-state index contributed by atoms with van der Waals surface area (Å²) in [4.78, 5) is 11.6. The topological polar surface area (TPSA) is 37.3 Å². The summed E-state index contributed by atoms with van der Waals surface area (Å²) in [5, 5.41) is 9.79. The van der Waals surface area contributed by atoms with Crippen molar-refractivity contribution in [2.45, 2.75) is 31.6 Å². The van der Waals surface area contributed by atoms with Gasteiger partial charge in [-0.1, -0.05) is 24.1 Å². The average Bonchev–Trinajstić information content (AvgIpc) is 2.94. The van der Waals surface area contributed by atoms with Crippen LogP contribution >= 0.6 is 11.6 Å². The van der Waals surface area contributed by atoms with E-state index in [-0.39, 0.29) is 10.9 Å². The van der Waals surface area contributed by atoms with Gasteiger partial charge in [-0.3, -0.25) is 4.79 Å². The Bertz CT molecular complexity index is 517. The summed E-state index contributed by atoms with van der Waals surface area (Å²) in [6, 6.07) is 4.03. The van der Waals surface area contributed by atoms with Crippen molar-refractivity contribution in [1.29, 1.82) is 0 Å². The van der Waals surface area contributed by atoms with Crippen LogP contribution in [0.25, 0.3) is 0 Å². The third-order valence-corrected chi connectivity index (χ3v) is 5.11. The molecule has 3 rings (SSSR count). The molecule has 0 spiro atoms. The molecule has 0 radical (unpaired) electrons. The van der Waals surface area contributed by atoms with E-state index < -0.39 is 17.7 Å². The number of hydrogen-bond donors (Lipinski definition) is 1. The van der Waals surface area contributed by atoms with Crippen molar-refractivity contribution in [3.8, 4) is 0 Å². The predicted octanol–water partition coefficient (Wildman–Crippen LogP) is 4.08. The number of benzene rings is 1. The molecule has 0 aromatic heterocycles. The molecular weight excluding hydrogens is 267 g/mol. The number of carboxylic acids is 1. The molecule has 0 amide bonds. The van der Waals surface area contributed by atoms with Crippen molar-refractivity contribution in [2.24, 2.45) is 17.8 Å². The molecule has 1 N–H and O–H groups in total. The van der Waals surface area contributed by atoms with E-state index >= 15 is 0 Å². The number of rotatable bonds is 3. The van der Waals surface area contributed by atoms with Crippen LogP contribution in [0, 0.1) is 23.6 Å². The van der Waals surface area contributed by atoms with E-state index in [1.54, 1.807) is 0 Å². The Morgan fingerprint density at radius 1 is 1.37 bits per heavy atom. The minimum Gasteiger partial charge on any atom is -0.481 e. The molecule has 2 saturated carbocycles. The van der Waals surface area contributed by atoms with Crippen LogP contribution in [0.3, 0.4) is 0 Å². The molecule has 0 aliphatic heterocycles. The zero-order chi connectivity index (χ0) is 13.6. The average molecular weight is 283 g/mol. The molecule has 2 aliphatic carbocycles. The minimum absolute atomic E-state index is 0.152. The largest absolute Gasteiger partial charge is 0.481 e. The van der Waals surface area contributed by atoms with Crippen molar-refractivity contribution >= 4 is 17.6 Å². The summed E-state index contributed by atoms with van der Waals surface area (Å²) in [5.41, 5.74) is 0.563. The molecule has 0 saturated heterocycles. The van der Waals surface area contributed by atoms with Gasteiger partial charge in [0, 0.05) is 5.02 Å². The number of aliphatic carboxylic acids is 1. The predicted molar refractivity (Wildman–Crippen MR) is 70.7 cm³/mol. The molecule has 2 fully saturated rings. The van der Waals surface area contributed by atoms with E-state index in [0.29, 0.717) is 17.4 Å². The first-order valence-electron chi connectivity index (χ1n) is 6.74. The molecule has 19 heavy (non-hydrogen) atoms. The van der Waals surface area contributed by atoms with Gasteiger partial charge in [0.2, 0.25) is 0 Å². The van der Waals surface area contributed by atoms with E-state index in [1.165, 1.54) is 24.6 Å². The molecule has 1 aromatic carbocycles. The van der Waals surface area contributed by atoms with E-state index in [2.05, 4.69) is 0 Å². The highest BCUT2D eigenvalue weighted by atomic mass is 35.5. The van der Waals surface area contributed by atoms with Crippen LogP contribution in [-0.4, -0.2) is 11.1 Å². The molecule has 4 unspecified atom stereocenters. The summed E-state index contributed by atoms with van der Waals surface area (Å²) < 4.78 is 13.1. The summed E-state index contributed by atoms with van der Waals surface area (Å²) in [6.07, 6.45) is 4.46. The van der Waals surface area contributed by atoms with Crippen molar-refractivity contribution < 1.29 is 14.3 Å². The maximum Gasteiger partial charge on any atom is 0.311 e. The highest BCUT2D eigenvalue weighted by Crippen LogP contribution is 2.53. The lowest BCUT2D eigenvalue weighted by Gasteiger charge is -2.28. The second-order valence-corrected chi connectivity index (χ2v) is 6.23. The molecule has 4 atom stereocenters. The standard InChI is InChI=1S/C15H16ClFO2/c16-13-7-10(17)3-4-11(13)14(15(18)19)12-6-8-1-2-9(12)5-8/h3-4,7-9,12,14H,1-2,5-6H2,(H,18,19). The number of hydrogen-bond acceptors (Lipinski definition) is 1. The first-order chi connectivity index (χ1) is 9.06. The van der Waals surface area contributed by atoms with Crippen LogP contribution in [0.5, 0.6) is 0 Å². The van der Waals surface area contributed by atoms with Gasteiger partial charge in [0.25, 0.3) is 0 Å². The lowest BCUT2D eigenvalue weighted by Crippen LogP contribution is -2.26. The summed E-state index contributed by atoms with van der Waals surface area (Å²) in [6.45, 7) is 0. The van der Waals surface area contributed by atoms with Gasteiger partial charge in [-0.25, -0.2) is 4.39 Å². The molecule has 0 heterocycles.